The normalized spacial score (nSPS) is 11.9. The summed E-state index contributed by atoms with van der Waals surface area (Å²) in [6.45, 7) is 6.43. The molecule has 0 bridgehead atoms. The Morgan fingerprint density at radius 1 is 0.633 bits per heavy atom. The van der Waals surface area contributed by atoms with Gasteiger partial charge in [-0.1, -0.05) is 140 Å². The maximum absolute atomic E-state index is 5.62. The van der Waals surface area contributed by atoms with Crippen molar-refractivity contribution in [1.82, 2.24) is 14.5 Å². The van der Waals surface area contributed by atoms with Crippen LogP contribution in [-0.2, 0) is 0 Å². The van der Waals surface area contributed by atoms with Crippen molar-refractivity contribution in [3.05, 3.63) is 157 Å². The minimum atomic E-state index is 0.830. The molecule has 0 amide bonds. The van der Waals surface area contributed by atoms with Gasteiger partial charge in [0.25, 0.3) is 0 Å². The number of benzene rings is 7. The number of thiophene rings is 1. The molecule has 0 aliphatic rings. The van der Waals surface area contributed by atoms with Crippen LogP contribution in [0.15, 0.2) is 146 Å². The van der Waals surface area contributed by atoms with E-state index in [-0.39, 0.29) is 0 Å². The maximum atomic E-state index is 5.62. The fourth-order valence-corrected chi connectivity index (χ4v) is 9.01. The van der Waals surface area contributed by atoms with Crippen molar-refractivity contribution in [2.24, 2.45) is 0 Å². The summed E-state index contributed by atoms with van der Waals surface area (Å²) in [6, 6.07) is 49.5. The second-order valence-electron chi connectivity index (χ2n) is 12.6. The molecule has 0 N–H and O–H groups in total. The molecule has 3 nitrogen and oxygen atoms in total. The minimum absolute atomic E-state index is 0.830. The topological polar surface area (TPSA) is 30.7 Å². The molecule has 7 aromatic carbocycles. The van der Waals surface area contributed by atoms with Gasteiger partial charge >= 0.3 is 0 Å². The second kappa shape index (κ2) is 10.7. The summed E-state index contributed by atoms with van der Waals surface area (Å²) < 4.78 is 3.64. The lowest BCUT2D eigenvalue weighted by molar-refractivity contribution is 1.09. The molecule has 0 atom stereocenters. The van der Waals surface area contributed by atoms with Gasteiger partial charge in [0.15, 0.2) is 5.82 Å². The Bertz CT molecular complexity index is 2970. The van der Waals surface area contributed by atoms with E-state index >= 15 is 0 Å². The van der Waals surface area contributed by atoms with E-state index in [2.05, 4.69) is 158 Å². The number of hydrogen-bond acceptors (Lipinski definition) is 3. The van der Waals surface area contributed by atoms with Crippen LogP contribution in [0.25, 0.3) is 98.7 Å². The highest BCUT2D eigenvalue weighted by molar-refractivity contribution is 7.21. The average molecular weight is 644 g/mol. The molecule has 0 aliphatic carbocycles. The lowest BCUT2D eigenvalue weighted by Gasteiger charge is -2.15. The summed E-state index contributed by atoms with van der Waals surface area (Å²) in [4.78, 5) is 12.3. The molecule has 0 aliphatic heterocycles. The Balaban J connectivity index is 1.46. The maximum Gasteiger partial charge on any atom is 0.165 e. The van der Waals surface area contributed by atoms with Crippen molar-refractivity contribution < 1.29 is 0 Å². The molecule has 3 heterocycles. The van der Waals surface area contributed by atoms with Gasteiger partial charge in [-0.2, -0.15) is 0 Å². The Kier molecular flexibility index (Phi) is 6.11. The van der Waals surface area contributed by atoms with E-state index in [1.165, 1.54) is 47.6 Å². The van der Waals surface area contributed by atoms with Gasteiger partial charge in [-0.3, -0.25) is 4.57 Å². The summed E-state index contributed by atoms with van der Waals surface area (Å²) in [6.07, 6.45) is 1.97. The van der Waals surface area contributed by atoms with E-state index in [1.54, 1.807) is 0 Å². The summed E-state index contributed by atoms with van der Waals surface area (Å²) in [7, 11) is 0. The van der Waals surface area contributed by atoms with Crippen LogP contribution in [0.2, 0.25) is 0 Å². The Hall–Kier alpha value is -6.10. The van der Waals surface area contributed by atoms with E-state index in [4.69, 9.17) is 9.97 Å². The second-order valence-corrected chi connectivity index (χ2v) is 13.8. The standard InChI is InChI=1S/C45H29N3S/c1-3-28-15-7-9-19-31(28)38-27(2)49-44-40(38)34-22-12-11-21-33(34)39-35-23-13-14-24-37(35)48(43(39)44)45-41(30-17-5-4-6-18-30)46-36-26-25-29-16-8-10-20-32(29)42(36)47-45/h3-26H,1H2,2H3. The van der Waals surface area contributed by atoms with Crippen molar-refractivity contribution in [3.63, 3.8) is 0 Å². The lowest BCUT2D eigenvalue weighted by atomic mass is 9.93. The third-order valence-corrected chi connectivity index (χ3v) is 11.0. The van der Waals surface area contributed by atoms with Crippen molar-refractivity contribution in [2.75, 3.05) is 0 Å². The van der Waals surface area contributed by atoms with Gasteiger partial charge < -0.3 is 0 Å². The van der Waals surface area contributed by atoms with Gasteiger partial charge in [0.1, 0.15) is 5.69 Å². The number of fused-ring (bicyclic) bond motifs is 11. The number of para-hydroxylation sites is 1. The van der Waals surface area contributed by atoms with Crippen molar-refractivity contribution in [2.45, 2.75) is 6.92 Å². The van der Waals surface area contributed by atoms with Gasteiger partial charge in [-0.05, 0) is 46.3 Å². The molecule has 4 heteroatoms. The number of hydrogen-bond donors (Lipinski definition) is 0. The van der Waals surface area contributed by atoms with Gasteiger partial charge in [0, 0.05) is 37.5 Å². The van der Waals surface area contributed by atoms with Crippen LogP contribution in [0.5, 0.6) is 0 Å². The zero-order valence-corrected chi connectivity index (χ0v) is 27.6. The highest BCUT2D eigenvalue weighted by Crippen LogP contribution is 2.50. The lowest BCUT2D eigenvalue weighted by Crippen LogP contribution is -2.04. The zero-order valence-electron chi connectivity index (χ0n) is 26.8. The van der Waals surface area contributed by atoms with Crippen LogP contribution >= 0.6 is 11.3 Å². The number of rotatable bonds is 4. The fraction of sp³-hybridized carbons (Fsp3) is 0.0222. The van der Waals surface area contributed by atoms with Crippen LogP contribution in [-0.4, -0.2) is 14.5 Å². The van der Waals surface area contributed by atoms with Gasteiger partial charge in [-0.25, -0.2) is 9.97 Å². The van der Waals surface area contributed by atoms with Gasteiger partial charge in [-0.15, -0.1) is 11.3 Å². The van der Waals surface area contributed by atoms with Crippen molar-refractivity contribution in [3.8, 4) is 28.2 Å². The Labute approximate surface area is 287 Å². The molecule has 0 saturated heterocycles. The van der Waals surface area contributed by atoms with Crippen LogP contribution in [0.4, 0.5) is 0 Å². The largest absolute Gasteiger partial charge is 0.290 e. The molecule has 0 spiro atoms. The molecule has 0 fully saturated rings. The summed E-state index contributed by atoms with van der Waals surface area (Å²) in [5.41, 5.74) is 9.56. The first-order valence-electron chi connectivity index (χ1n) is 16.6. The van der Waals surface area contributed by atoms with E-state index in [1.807, 2.05) is 17.4 Å². The highest BCUT2D eigenvalue weighted by atomic mass is 32.1. The van der Waals surface area contributed by atoms with Crippen molar-refractivity contribution >= 4 is 81.9 Å². The van der Waals surface area contributed by atoms with Crippen molar-refractivity contribution in [1.29, 1.82) is 0 Å². The Morgan fingerprint density at radius 3 is 2.12 bits per heavy atom. The molecule has 0 saturated carbocycles. The first kappa shape index (κ1) is 28.0. The molecule has 230 valence electrons. The molecule has 0 unspecified atom stereocenters. The SMILES string of the molecule is C=Cc1ccccc1-c1c(C)sc2c1c1ccccc1c1c3ccccc3n(-c3nc4c(ccc5ccccc54)nc3-c3ccccc3)c21. The number of nitrogens with zero attached hydrogens (tertiary/aromatic N) is 3. The molecular formula is C45H29N3S. The van der Waals surface area contributed by atoms with Crippen LogP contribution in [0, 0.1) is 6.92 Å². The van der Waals surface area contributed by atoms with Crippen LogP contribution in [0.3, 0.4) is 0 Å². The predicted octanol–water partition coefficient (Wildman–Crippen LogP) is 12.5. The van der Waals surface area contributed by atoms with Gasteiger partial charge in [0.2, 0.25) is 0 Å². The fourth-order valence-electron chi connectivity index (χ4n) is 7.79. The number of aryl methyl sites for hydroxylation is 1. The molecule has 3 aromatic heterocycles. The summed E-state index contributed by atoms with van der Waals surface area (Å²) >= 11 is 1.87. The third kappa shape index (κ3) is 4.01. The first-order chi connectivity index (χ1) is 24.2. The van der Waals surface area contributed by atoms with E-state index in [9.17, 15) is 0 Å². The average Bonchev–Trinajstić information content (AvgIpc) is 3.69. The number of aromatic nitrogens is 3. The monoisotopic (exact) mass is 643 g/mol. The Morgan fingerprint density at radius 2 is 1.31 bits per heavy atom. The molecule has 49 heavy (non-hydrogen) atoms. The van der Waals surface area contributed by atoms with E-state index in [0.29, 0.717) is 0 Å². The molecule has 0 radical (unpaired) electrons. The molecule has 10 rings (SSSR count). The summed E-state index contributed by atoms with van der Waals surface area (Å²) in [5, 5.41) is 8.44. The summed E-state index contributed by atoms with van der Waals surface area (Å²) in [5.74, 6) is 0.830. The van der Waals surface area contributed by atoms with Gasteiger partial charge in [0.05, 0.1) is 26.8 Å². The van der Waals surface area contributed by atoms with E-state index in [0.717, 1.165) is 55.5 Å². The smallest absolute Gasteiger partial charge is 0.165 e. The zero-order chi connectivity index (χ0) is 32.6. The van der Waals surface area contributed by atoms with E-state index < -0.39 is 0 Å². The molecule has 10 aromatic rings. The minimum Gasteiger partial charge on any atom is -0.290 e. The van der Waals surface area contributed by atoms with Crippen LogP contribution < -0.4 is 0 Å². The molecular weight excluding hydrogens is 615 g/mol. The quantitative estimate of drug-likeness (QED) is 0.179. The first-order valence-corrected chi connectivity index (χ1v) is 17.4. The highest BCUT2D eigenvalue weighted by Gasteiger charge is 2.26. The predicted molar refractivity (Wildman–Crippen MR) is 210 cm³/mol. The third-order valence-electron chi connectivity index (χ3n) is 9.89. The van der Waals surface area contributed by atoms with Crippen LogP contribution in [0.1, 0.15) is 10.4 Å².